The highest BCUT2D eigenvalue weighted by molar-refractivity contribution is 5.94. The predicted octanol–water partition coefficient (Wildman–Crippen LogP) is 3.04. The molecule has 1 aromatic carbocycles. The molecule has 2 N–H and O–H groups in total. The van der Waals surface area contributed by atoms with Gasteiger partial charge in [-0.3, -0.25) is 9.89 Å². The number of carbonyl (C=O) groups excluding carboxylic acids is 1. The first-order valence-corrected chi connectivity index (χ1v) is 8.74. The smallest absolute Gasteiger partial charge is 0.253 e. The Bertz CT molecular complexity index is 709. The SMILES string of the molecule is Cc1n[nH]c(C)c1CCN(C)C(=O)c1cccc(CCC(C)(C)O)c1. The number of amides is 1. The number of aromatic nitrogens is 2. The van der Waals surface area contributed by atoms with Crippen molar-refractivity contribution in [3.63, 3.8) is 0 Å². The summed E-state index contributed by atoms with van der Waals surface area (Å²) in [4.78, 5) is 14.4. The third-order valence-electron chi connectivity index (χ3n) is 4.52. The third kappa shape index (κ3) is 5.43. The fourth-order valence-corrected chi connectivity index (χ4v) is 2.85. The minimum absolute atomic E-state index is 0.0175. The molecule has 0 aliphatic rings. The molecule has 1 aromatic heterocycles. The number of H-pyrrole nitrogens is 1. The number of hydrogen-bond donors (Lipinski definition) is 2. The molecule has 0 radical (unpaired) electrons. The first-order valence-electron chi connectivity index (χ1n) is 8.74. The number of rotatable bonds is 7. The molecular formula is C20H29N3O2. The third-order valence-corrected chi connectivity index (χ3v) is 4.52. The number of aromatic amines is 1. The molecule has 1 amide bonds. The van der Waals surface area contributed by atoms with Crippen molar-refractivity contribution < 1.29 is 9.90 Å². The van der Waals surface area contributed by atoms with Gasteiger partial charge >= 0.3 is 0 Å². The lowest BCUT2D eigenvalue weighted by atomic mass is 9.97. The van der Waals surface area contributed by atoms with E-state index in [2.05, 4.69) is 10.2 Å². The van der Waals surface area contributed by atoms with E-state index in [9.17, 15) is 9.90 Å². The van der Waals surface area contributed by atoms with Gasteiger partial charge in [0.1, 0.15) is 0 Å². The Labute approximate surface area is 150 Å². The molecule has 136 valence electrons. The largest absolute Gasteiger partial charge is 0.390 e. The lowest BCUT2D eigenvalue weighted by molar-refractivity contribution is 0.0714. The molecule has 1 heterocycles. The molecule has 0 aliphatic carbocycles. The molecule has 0 saturated heterocycles. The van der Waals surface area contributed by atoms with Crippen LogP contribution < -0.4 is 0 Å². The summed E-state index contributed by atoms with van der Waals surface area (Å²) in [5.41, 5.74) is 4.30. The van der Waals surface area contributed by atoms with Gasteiger partial charge in [-0.25, -0.2) is 0 Å². The standard InChI is InChI=1S/C20H29N3O2/c1-14-18(15(2)22-21-14)10-12-23(5)19(24)17-8-6-7-16(13-17)9-11-20(3,4)25/h6-8,13,25H,9-12H2,1-5H3,(H,21,22). The molecule has 2 aromatic rings. The fraction of sp³-hybridized carbons (Fsp3) is 0.500. The van der Waals surface area contributed by atoms with Gasteiger partial charge in [0.05, 0.1) is 11.3 Å². The Hall–Kier alpha value is -2.14. The van der Waals surface area contributed by atoms with Gasteiger partial charge in [0.2, 0.25) is 0 Å². The van der Waals surface area contributed by atoms with Crippen LogP contribution in [0.25, 0.3) is 0 Å². The van der Waals surface area contributed by atoms with Crippen molar-refractivity contribution in [1.29, 1.82) is 0 Å². The highest BCUT2D eigenvalue weighted by Crippen LogP contribution is 2.16. The number of carbonyl (C=O) groups is 1. The van der Waals surface area contributed by atoms with Crippen LogP contribution >= 0.6 is 0 Å². The molecule has 0 spiro atoms. The van der Waals surface area contributed by atoms with Gasteiger partial charge < -0.3 is 10.0 Å². The van der Waals surface area contributed by atoms with Crippen LogP contribution in [0.3, 0.4) is 0 Å². The van der Waals surface area contributed by atoms with Crippen molar-refractivity contribution in [1.82, 2.24) is 15.1 Å². The van der Waals surface area contributed by atoms with Gasteiger partial charge in [0.25, 0.3) is 5.91 Å². The van der Waals surface area contributed by atoms with Gasteiger partial charge in [-0.2, -0.15) is 5.10 Å². The number of aliphatic hydroxyl groups is 1. The minimum Gasteiger partial charge on any atom is -0.390 e. The molecular weight excluding hydrogens is 314 g/mol. The van der Waals surface area contributed by atoms with Crippen LogP contribution in [0.15, 0.2) is 24.3 Å². The summed E-state index contributed by atoms with van der Waals surface area (Å²) < 4.78 is 0. The maximum absolute atomic E-state index is 12.7. The van der Waals surface area contributed by atoms with E-state index in [0.29, 0.717) is 18.5 Å². The molecule has 5 heteroatoms. The van der Waals surface area contributed by atoms with Crippen molar-refractivity contribution >= 4 is 5.91 Å². The maximum atomic E-state index is 12.7. The molecule has 5 nitrogen and oxygen atoms in total. The molecule has 0 saturated carbocycles. The molecule has 0 bridgehead atoms. The van der Waals surface area contributed by atoms with Crippen molar-refractivity contribution in [2.45, 2.75) is 52.6 Å². The Morgan fingerprint density at radius 2 is 2.00 bits per heavy atom. The average Bonchev–Trinajstić information content (AvgIpc) is 2.88. The first kappa shape index (κ1) is 19.2. The summed E-state index contributed by atoms with van der Waals surface area (Å²) in [6, 6.07) is 7.69. The molecule has 0 atom stereocenters. The molecule has 0 fully saturated rings. The van der Waals surface area contributed by atoms with Gasteiger partial charge in [0.15, 0.2) is 0 Å². The fourth-order valence-electron chi connectivity index (χ4n) is 2.85. The van der Waals surface area contributed by atoms with Crippen LogP contribution in [0.1, 0.15) is 53.1 Å². The van der Waals surface area contributed by atoms with Crippen LogP contribution in [0.2, 0.25) is 0 Å². The van der Waals surface area contributed by atoms with Crippen molar-refractivity contribution in [3.05, 3.63) is 52.3 Å². The zero-order valence-corrected chi connectivity index (χ0v) is 15.9. The van der Waals surface area contributed by atoms with E-state index >= 15 is 0 Å². The van der Waals surface area contributed by atoms with E-state index < -0.39 is 5.60 Å². The summed E-state index contributed by atoms with van der Waals surface area (Å²) >= 11 is 0. The second-order valence-electron chi connectivity index (χ2n) is 7.40. The van der Waals surface area contributed by atoms with Crippen LogP contribution in [0, 0.1) is 13.8 Å². The number of nitrogens with zero attached hydrogens (tertiary/aromatic N) is 2. The Balaban J connectivity index is 1.99. The van der Waals surface area contributed by atoms with Gasteiger partial charge in [0, 0.05) is 24.8 Å². The molecule has 0 unspecified atom stereocenters. The summed E-state index contributed by atoms with van der Waals surface area (Å²) in [7, 11) is 1.83. The minimum atomic E-state index is -0.697. The Kier molecular flexibility index (Phi) is 6.01. The zero-order valence-electron chi connectivity index (χ0n) is 15.9. The van der Waals surface area contributed by atoms with Crippen LogP contribution in [-0.4, -0.2) is 45.3 Å². The number of likely N-dealkylation sites (N-methyl/N-ethyl adjacent to an activating group) is 1. The summed E-state index contributed by atoms with van der Waals surface area (Å²) in [5, 5.41) is 17.0. The van der Waals surface area contributed by atoms with E-state index in [-0.39, 0.29) is 5.91 Å². The highest BCUT2D eigenvalue weighted by Gasteiger charge is 2.16. The van der Waals surface area contributed by atoms with E-state index in [1.54, 1.807) is 18.7 Å². The quantitative estimate of drug-likeness (QED) is 0.812. The van der Waals surface area contributed by atoms with Gasteiger partial charge in [-0.05, 0) is 70.2 Å². The van der Waals surface area contributed by atoms with Crippen LogP contribution in [0.4, 0.5) is 0 Å². The lowest BCUT2D eigenvalue weighted by Crippen LogP contribution is -2.29. The molecule has 2 rings (SSSR count). The van der Waals surface area contributed by atoms with Crippen molar-refractivity contribution in [2.24, 2.45) is 0 Å². The monoisotopic (exact) mass is 343 g/mol. The Morgan fingerprint density at radius 3 is 2.60 bits per heavy atom. The predicted molar refractivity (Wildman–Crippen MR) is 99.8 cm³/mol. The van der Waals surface area contributed by atoms with E-state index in [1.807, 2.05) is 45.2 Å². The number of hydrogen-bond acceptors (Lipinski definition) is 3. The number of nitrogens with one attached hydrogen (secondary N) is 1. The maximum Gasteiger partial charge on any atom is 0.253 e. The normalized spacial score (nSPS) is 11.6. The van der Waals surface area contributed by atoms with E-state index in [4.69, 9.17) is 0 Å². The summed E-state index contributed by atoms with van der Waals surface area (Å²) in [6.07, 6.45) is 2.20. The van der Waals surface area contributed by atoms with Crippen molar-refractivity contribution in [2.75, 3.05) is 13.6 Å². The first-order chi connectivity index (χ1) is 11.7. The second-order valence-corrected chi connectivity index (χ2v) is 7.40. The van der Waals surface area contributed by atoms with Gasteiger partial charge in [-0.1, -0.05) is 12.1 Å². The average molecular weight is 343 g/mol. The van der Waals surface area contributed by atoms with Crippen molar-refractivity contribution in [3.8, 4) is 0 Å². The van der Waals surface area contributed by atoms with E-state index in [0.717, 1.165) is 29.8 Å². The highest BCUT2D eigenvalue weighted by atomic mass is 16.3. The number of benzene rings is 1. The molecule has 25 heavy (non-hydrogen) atoms. The topological polar surface area (TPSA) is 69.2 Å². The second kappa shape index (κ2) is 7.83. The number of aryl methyl sites for hydroxylation is 3. The summed E-state index contributed by atoms with van der Waals surface area (Å²) in [5.74, 6) is 0.0175. The van der Waals surface area contributed by atoms with Crippen LogP contribution in [0.5, 0.6) is 0 Å². The van der Waals surface area contributed by atoms with E-state index in [1.165, 1.54) is 5.56 Å². The van der Waals surface area contributed by atoms with Crippen LogP contribution in [-0.2, 0) is 12.8 Å². The lowest BCUT2D eigenvalue weighted by Gasteiger charge is -2.19. The Morgan fingerprint density at radius 1 is 1.28 bits per heavy atom. The van der Waals surface area contributed by atoms with Gasteiger partial charge in [-0.15, -0.1) is 0 Å². The zero-order chi connectivity index (χ0) is 18.6. The molecule has 0 aliphatic heterocycles. The summed E-state index contributed by atoms with van der Waals surface area (Å²) in [6.45, 7) is 8.23.